The Hall–Kier alpha value is -0.920. The molecule has 76 valence electrons. The van der Waals surface area contributed by atoms with Gasteiger partial charge in [0.2, 0.25) is 0 Å². The zero-order valence-electron chi connectivity index (χ0n) is 8.53. The summed E-state index contributed by atoms with van der Waals surface area (Å²) in [5.41, 5.74) is 0. The molecule has 0 saturated carbocycles. The van der Waals surface area contributed by atoms with Crippen LogP contribution in [0.2, 0.25) is 0 Å². The molecule has 14 heavy (non-hydrogen) atoms. The van der Waals surface area contributed by atoms with Gasteiger partial charge in [-0.2, -0.15) is 5.26 Å². The molecule has 1 aromatic heterocycles. The molecule has 0 aliphatic rings. The number of nitrogens with one attached hydrogen (secondary N) is 1. The topological polar surface area (TPSA) is 48.7 Å². The van der Waals surface area contributed by atoms with E-state index in [0.29, 0.717) is 0 Å². The molecular weight excluding hydrogens is 194 g/mol. The van der Waals surface area contributed by atoms with Gasteiger partial charge in [-0.3, -0.25) is 5.32 Å². The first-order chi connectivity index (χ1) is 6.81. The first kappa shape index (κ1) is 11.2. The zero-order chi connectivity index (χ0) is 10.4. The van der Waals surface area contributed by atoms with E-state index in [1.807, 2.05) is 12.3 Å². The molecule has 0 amide bonds. The Balaban J connectivity index is 2.60. The lowest BCUT2D eigenvalue weighted by atomic mass is 10.2. The van der Waals surface area contributed by atoms with Crippen LogP contribution in [0.25, 0.3) is 0 Å². The molecule has 2 unspecified atom stereocenters. The number of rotatable bonds is 5. The second-order valence-electron chi connectivity index (χ2n) is 3.09. The lowest BCUT2D eigenvalue weighted by Crippen LogP contribution is -2.30. The van der Waals surface area contributed by atoms with Gasteiger partial charge in [0.1, 0.15) is 5.01 Å². The summed E-state index contributed by atoms with van der Waals surface area (Å²) < 4.78 is 0. The van der Waals surface area contributed by atoms with Gasteiger partial charge in [-0.15, -0.1) is 11.3 Å². The van der Waals surface area contributed by atoms with Crippen molar-refractivity contribution in [3.63, 3.8) is 0 Å². The maximum Gasteiger partial charge on any atom is 0.109 e. The number of aromatic nitrogens is 1. The van der Waals surface area contributed by atoms with Crippen LogP contribution in [0.1, 0.15) is 37.7 Å². The third-order valence-corrected chi connectivity index (χ3v) is 3.01. The van der Waals surface area contributed by atoms with Crippen LogP contribution in [-0.4, -0.2) is 11.0 Å². The second kappa shape index (κ2) is 5.74. The van der Waals surface area contributed by atoms with Gasteiger partial charge in [-0.25, -0.2) is 4.98 Å². The van der Waals surface area contributed by atoms with E-state index < -0.39 is 0 Å². The Morgan fingerprint density at radius 3 is 2.79 bits per heavy atom. The Labute approximate surface area is 88.8 Å². The van der Waals surface area contributed by atoms with Gasteiger partial charge in [0.05, 0.1) is 18.2 Å². The third kappa shape index (κ3) is 2.79. The maximum absolute atomic E-state index is 8.84. The largest absolute Gasteiger partial charge is 0.293 e. The summed E-state index contributed by atoms with van der Waals surface area (Å²) in [7, 11) is 0. The summed E-state index contributed by atoms with van der Waals surface area (Å²) in [6.07, 6.45) is 3.60. The van der Waals surface area contributed by atoms with Crippen molar-refractivity contribution in [1.82, 2.24) is 10.3 Å². The molecule has 1 N–H and O–H groups in total. The first-order valence-electron chi connectivity index (χ1n) is 4.86. The van der Waals surface area contributed by atoms with Crippen molar-refractivity contribution in [2.24, 2.45) is 0 Å². The zero-order valence-corrected chi connectivity index (χ0v) is 9.34. The molecule has 4 heteroatoms. The fraction of sp³-hybridized carbons (Fsp3) is 0.600. The van der Waals surface area contributed by atoms with Crippen LogP contribution in [-0.2, 0) is 0 Å². The van der Waals surface area contributed by atoms with Crippen molar-refractivity contribution in [3.8, 4) is 6.07 Å². The van der Waals surface area contributed by atoms with Gasteiger partial charge in [0, 0.05) is 11.6 Å². The highest BCUT2D eigenvalue weighted by Crippen LogP contribution is 2.19. The molecule has 1 heterocycles. The first-order valence-corrected chi connectivity index (χ1v) is 5.74. The molecule has 1 rings (SSSR count). The monoisotopic (exact) mass is 209 g/mol. The molecule has 2 atom stereocenters. The third-order valence-electron chi connectivity index (χ3n) is 2.12. The Bertz CT molecular complexity index is 289. The summed E-state index contributed by atoms with van der Waals surface area (Å²) in [6, 6.07) is 2.40. The van der Waals surface area contributed by atoms with Crippen LogP contribution < -0.4 is 5.32 Å². The lowest BCUT2D eigenvalue weighted by molar-refractivity contribution is 0.468. The van der Waals surface area contributed by atoms with Crippen molar-refractivity contribution in [2.45, 2.75) is 38.8 Å². The van der Waals surface area contributed by atoms with Crippen molar-refractivity contribution in [3.05, 3.63) is 16.6 Å². The minimum Gasteiger partial charge on any atom is -0.293 e. The number of hydrogen-bond donors (Lipinski definition) is 1. The summed E-state index contributed by atoms with van der Waals surface area (Å²) in [5.74, 6) is 0. The predicted molar refractivity (Wildman–Crippen MR) is 58.0 cm³/mol. The molecule has 3 nitrogen and oxygen atoms in total. The van der Waals surface area contributed by atoms with Crippen LogP contribution in [0, 0.1) is 11.3 Å². The maximum atomic E-state index is 8.84. The van der Waals surface area contributed by atoms with Crippen molar-refractivity contribution in [2.75, 3.05) is 0 Å². The summed E-state index contributed by atoms with van der Waals surface area (Å²) in [5, 5.41) is 15.2. The van der Waals surface area contributed by atoms with Crippen molar-refractivity contribution >= 4 is 11.3 Å². The van der Waals surface area contributed by atoms with Gasteiger partial charge in [0.25, 0.3) is 0 Å². The smallest absolute Gasteiger partial charge is 0.109 e. The lowest BCUT2D eigenvalue weighted by Gasteiger charge is -2.17. The predicted octanol–water partition coefficient (Wildman–Crippen LogP) is 2.49. The molecule has 1 aromatic rings. The average molecular weight is 209 g/mol. The molecule has 0 spiro atoms. The minimum absolute atomic E-state index is 0.0659. The molecule has 0 fully saturated rings. The number of hydrogen-bond acceptors (Lipinski definition) is 4. The van der Waals surface area contributed by atoms with Crippen molar-refractivity contribution < 1.29 is 0 Å². The SMILES string of the molecule is CCC(C#N)NC(CC)c1nccs1. The fourth-order valence-electron chi connectivity index (χ4n) is 1.26. The number of thiazole rings is 1. The normalized spacial score (nSPS) is 14.6. The number of nitriles is 1. The fourth-order valence-corrected chi connectivity index (χ4v) is 2.04. The average Bonchev–Trinajstić information content (AvgIpc) is 2.73. The van der Waals surface area contributed by atoms with Gasteiger partial charge < -0.3 is 0 Å². The van der Waals surface area contributed by atoms with E-state index in [1.54, 1.807) is 17.5 Å². The van der Waals surface area contributed by atoms with Crippen molar-refractivity contribution in [1.29, 1.82) is 5.26 Å². The summed E-state index contributed by atoms with van der Waals surface area (Å²) >= 11 is 1.64. The summed E-state index contributed by atoms with van der Waals surface area (Å²) in [4.78, 5) is 4.26. The van der Waals surface area contributed by atoms with Crippen LogP contribution in [0.5, 0.6) is 0 Å². The van der Waals surface area contributed by atoms with E-state index in [4.69, 9.17) is 5.26 Å². The molecule has 0 radical (unpaired) electrons. The quantitative estimate of drug-likeness (QED) is 0.810. The standard InChI is InChI=1S/C10H15N3S/c1-3-8(7-11)13-9(4-2)10-12-5-6-14-10/h5-6,8-9,13H,3-4H2,1-2H3. The number of nitrogens with zero attached hydrogens (tertiary/aromatic N) is 2. The molecule has 0 saturated heterocycles. The Kier molecular flexibility index (Phi) is 4.57. The molecule has 0 bridgehead atoms. The van der Waals surface area contributed by atoms with Gasteiger partial charge in [-0.1, -0.05) is 13.8 Å². The van der Waals surface area contributed by atoms with Crippen LogP contribution in [0.15, 0.2) is 11.6 Å². The van der Waals surface area contributed by atoms with E-state index in [-0.39, 0.29) is 12.1 Å². The summed E-state index contributed by atoms with van der Waals surface area (Å²) in [6.45, 7) is 4.11. The van der Waals surface area contributed by atoms with E-state index in [0.717, 1.165) is 17.8 Å². The Morgan fingerprint density at radius 2 is 2.36 bits per heavy atom. The highest BCUT2D eigenvalue weighted by atomic mass is 32.1. The van der Waals surface area contributed by atoms with E-state index in [9.17, 15) is 0 Å². The molecule has 0 aromatic carbocycles. The van der Waals surface area contributed by atoms with E-state index >= 15 is 0 Å². The van der Waals surface area contributed by atoms with Crippen LogP contribution in [0.4, 0.5) is 0 Å². The van der Waals surface area contributed by atoms with Gasteiger partial charge >= 0.3 is 0 Å². The highest BCUT2D eigenvalue weighted by molar-refractivity contribution is 7.09. The second-order valence-corrected chi connectivity index (χ2v) is 4.01. The molecular formula is C10H15N3S. The van der Waals surface area contributed by atoms with Crippen LogP contribution >= 0.6 is 11.3 Å². The van der Waals surface area contributed by atoms with E-state index in [2.05, 4.69) is 23.3 Å². The van der Waals surface area contributed by atoms with Crippen LogP contribution in [0.3, 0.4) is 0 Å². The van der Waals surface area contributed by atoms with Gasteiger partial charge in [-0.05, 0) is 12.8 Å². The van der Waals surface area contributed by atoms with E-state index in [1.165, 1.54) is 0 Å². The Morgan fingerprint density at radius 1 is 1.57 bits per heavy atom. The molecule has 0 aliphatic heterocycles. The van der Waals surface area contributed by atoms with Gasteiger partial charge in [0.15, 0.2) is 0 Å². The highest BCUT2D eigenvalue weighted by Gasteiger charge is 2.15. The minimum atomic E-state index is -0.0659. The molecule has 0 aliphatic carbocycles.